The molecule has 36 heavy (non-hydrogen) atoms. The zero-order valence-corrected chi connectivity index (χ0v) is 22.4. The number of halogens is 1. The Kier molecular flexibility index (Phi) is 7.72. The molecular formula is C24H32ClN7O3S. The molecule has 0 bridgehead atoms. The van der Waals surface area contributed by atoms with Gasteiger partial charge in [-0.15, -0.1) is 0 Å². The SMILES string of the molecule is CN=CC(Nc1nc(Nc2cc(C)c(C3CNC3)cc2OC2CC2)ncc1Cl)=C(N)S(=O)(=O)C(C)C. The number of sulfone groups is 1. The number of aliphatic imine (C=N–C) groups is 1. The lowest BCUT2D eigenvalue weighted by molar-refractivity contribution is 0.303. The Bertz CT molecular complexity index is 1300. The third kappa shape index (κ3) is 5.74. The number of nitrogens with one attached hydrogen (secondary N) is 3. The van der Waals surface area contributed by atoms with E-state index in [1.807, 2.05) is 6.07 Å². The summed E-state index contributed by atoms with van der Waals surface area (Å²) in [5.41, 5.74) is 9.24. The summed E-state index contributed by atoms with van der Waals surface area (Å²) in [6, 6.07) is 4.14. The van der Waals surface area contributed by atoms with E-state index in [0.29, 0.717) is 5.92 Å². The maximum absolute atomic E-state index is 12.6. The van der Waals surface area contributed by atoms with Crippen molar-refractivity contribution >= 4 is 45.1 Å². The van der Waals surface area contributed by atoms with E-state index in [1.165, 1.54) is 25.0 Å². The highest BCUT2D eigenvalue weighted by atomic mass is 35.5. The highest BCUT2D eigenvalue weighted by Gasteiger charge is 2.28. The van der Waals surface area contributed by atoms with Gasteiger partial charge < -0.3 is 26.4 Å². The molecule has 2 heterocycles. The minimum Gasteiger partial charge on any atom is -0.488 e. The predicted octanol–water partition coefficient (Wildman–Crippen LogP) is 3.47. The van der Waals surface area contributed by atoms with Crippen molar-refractivity contribution in [1.82, 2.24) is 15.3 Å². The fourth-order valence-corrected chi connectivity index (χ4v) is 4.73. The normalized spacial score (nSPS) is 17.2. The third-order valence-electron chi connectivity index (χ3n) is 6.10. The molecule has 0 amide bonds. The molecule has 4 rings (SSSR count). The average molecular weight is 534 g/mol. The molecule has 12 heteroatoms. The van der Waals surface area contributed by atoms with E-state index in [0.717, 1.165) is 42.9 Å². The van der Waals surface area contributed by atoms with E-state index in [2.05, 4.69) is 43.9 Å². The van der Waals surface area contributed by atoms with E-state index >= 15 is 0 Å². The van der Waals surface area contributed by atoms with Crippen molar-refractivity contribution < 1.29 is 13.2 Å². The van der Waals surface area contributed by atoms with Crippen molar-refractivity contribution in [2.45, 2.75) is 50.9 Å². The number of ether oxygens (including phenoxy) is 1. The van der Waals surface area contributed by atoms with Gasteiger partial charge in [0.2, 0.25) is 5.95 Å². The van der Waals surface area contributed by atoms with Crippen LogP contribution in [0.2, 0.25) is 5.02 Å². The van der Waals surface area contributed by atoms with Crippen LogP contribution in [0.4, 0.5) is 17.5 Å². The van der Waals surface area contributed by atoms with E-state index in [4.69, 9.17) is 22.1 Å². The monoisotopic (exact) mass is 533 g/mol. The highest BCUT2D eigenvalue weighted by molar-refractivity contribution is 7.95. The molecule has 0 spiro atoms. The number of hydrogen-bond donors (Lipinski definition) is 4. The molecule has 2 fully saturated rings. The first-order valence-electron chi connectivity index (χ1n) is 11.8. The average Bonchev–Trinajstić information content (AvgIpc) is 3.60. The molecule has 1 aliphatic carbocycles. The van der Waals surface area contributed by atoms with Crippen LogP contribution in [0.25, 0.3) is 0 Å². The van der Waals surface area contributed by atoms with E-state index in [-0.39, 0.29) is 33.6 Å². The number of hydrogen-bond acceptors (Lipinski definition) is 10. The molecule has 0 unspecified atom stereocenters. The molecule has 194 valence electrons. The van der Waals surface area contributed by atoms with Crippen LogP contribution in [0.5, 0.6) is 5.75 Å². The smallest absolute Gasteiger partial charge is 0.229 e. The van der Waals surface area contributed by atoms with Crippen molar-refractivity contribution in [3.05, 3.63) is 45.2 Å². The summed E-state index contributed by atoms with van der Waals surface area (Å²) in [7, 11) is -2.22. The van der Waals surface area contributed by atoms with Crippen LogP contribution in [0.1, 0.15) is 43.7 Å². The maximum atomic E-state index is 12.6. The Balaban J connectivity index is 1.65. The van der Waals surface area contributed by atoms with Gasteiger partial charge in [0.15, 0.2) is 20.7 Å². The second-order valence-electron chi connectivity index (χ2n) is 9.28. The first kappa shape index (κ1) is 26.2. The van der Waals surface area contributed by atoms with Gasteiger partial charge in [0, 0.05) is 32.3 Å². The van der Waals surface area contributed by atoms with Gasteiger partial charge in [-0.25, -0.2) is 13.4 Å². The predicted molar refractivity (Wildman–Crippen MR) is 144 cm³/mol. The summed E-state index contributed by atoms with van der Waals surface area (Å²) in [6.07, 6.45) is 5.04. The molecule has 1 saturated carbocycles. The van der Waals surface area contributed by atoms with Crippen LogP contribution in [0, 0.1) is 6.92 Å². The Labute approximate surface area is 216 Å². The number of rotatable bonds is 10. The van der Waals surface area contributed by atoms with Crippen LogP contribution in [-0.2, 0) is 9.84 Å². The Morgan fingerprint density at radius 3 is 2.64 bits per heavy atom. The van der Waals surface area contributed by atoms with Crippen molar-refractivity contribution in [1.29, 1.82) is 0 Å². The molecule has 0 radical (unpaired) electrons. The van der Waals surface area contributed by atoms with Crippen LogP contribution < -0.4 is 26.4 Å². The quantitative estimate of drug-likeness (QED) is 0.337. The van der Waals surface area contributed by atoms with E-state index in [1.54, 1.807) is 13.8 Å². The number of aryl methyl sites for hydroxylation is 1. The number of nitrogens with zero attached hydrogens (tertiary/aromatic N) is 3. The van der Waals surface area contributed by atoms with Gasteiger partial charge in [-0.3, -0.25) is 4.99 Å². The number of nitrogens with two attached hydrogens (primary N) is 1. The number of aromatic nitrogens is 2. The zero-order valence-electron chi connectivity index (χ0n) is 20.8. The van der Waals surface area contributed by atoms with Gasteiger partial charge in [0.25, 0.3) is 0 Å². The first-order chi connectivity index (χ1) is 17.1. The molecular weight excluding hydrogens is 502 g/mol. The summed E-state index contributed by atoms with van der Waals surface area (Å²) >= 11 is 6.33. The fraction of sp³-hybridized carbons (Fsp3) is 0.458. The second kappa shape index (κ2) is 10.6. The van der Waals surface area contributed by atoms with Crippen molar-refractivity contribution in [3.8, 4) is 5.75 Å². The van der Waals surface area contributed by atoms with Gasteiger partial charge in [-0.05, 0) is 56.9 Å². The van der Waals surface area contributed by atoms with Crippen LogP contribution >= 0.6 is 11.6 Å². The third-order valence-corrected chi connectivity index (χ3v) is 8.45. The minimum absolute atomic E-state index is 0.0739. The molecule has 2 aromatic rings. The fourth-order valence-electron chi connectivity index (χ4n) is 3.67. The van der Waals surface area contributed by atoms with Gasteiger partial charge in [0.05, 0.1) is 28.9 Å². The topological polar surface area (TPSA) is 144 Å². The van der Waals surface area contributed by atoms with Crippen molar-refractivity contribution in [3.63, 3.8) is 0 Å². The summed E-state index contributed by atoms with van der Waals surface area (Å²) in [5.74, 6) is 1.67. The van der Waals surface area contributed by atoms with E-state index < -0.39 is 15.1 Å². The highest BCUT2D eigenvalue weighted by Crippen LogP contribution is 2.38. The molecule has 5 N–H and O–H groups in total. The zero-order chi connectivity index (χ0) is 26.0. The summed E-state index contributed by atoms with van der Waals surface area (Å²) in [6.45, 7) is 7.10. The molecule has 2 aliphatic rings. The van der Waals surface area contributed by atoms with Gasteiger partial charge in [0.1, 0.15) is 10.8 Å². The molecule has 0 atom stereocenters. The lowest BCUT2D eigenvalue weighted by Crippen LogP contribution is -2.40. The Morgan fingerprint density at radius 1 is 1.33 bits per heavy atom. The van der Waals surface area contributed by atoms with Crippen molar-refractivity contribution in [2.75, 3.05) is 30.8 Å². The number of benzene rings is 1. The van der Waals surface area contributed by atoms with Crippen LogP contribution in [0.3, 0.4) is 0 Å². The van der Waals surface area contributed by atoms with Crippen molar-refractivity contribution in [2.24, 2.45) is 10.7 Å². The molecule has 1 aliphatic heterocycles. The molecule has 1 aromatic heterocycles. The maximum Gasteiger partial charge on any atom is 0.229 e. The van der Waals surface area contributed by atoms with Crippen LogP contribution in [0.15, 0.2) is 34.0 Å². The standard InChI is InChI=1S/C24H32ClN7O3S/c1-13(2)36(33,34)22(26)20(12-27-4)30-23-18(25)11-29-24(32-23)31-19-7-14(3)17(15-9-28-10-15)8-21(19)35-16-5-6-16/h7-8,11-13,15-16,28H,5-6,9-10,26H2,1-4H3,(H2,29,30,31,32). The number of allylic oxidation sites excluding steroid dienone is 1. The largest absolute Gasteiger partial charge is 0.488 e. The van der Waals surface area contributed by atoms with Gasteiger partial charge in [-0.1, -0.05) is 11.6 Å². The summed E-state index contributed by atoms with van der Waals surface area (Å²) in [5, 5.41) is 8.61. The molecule has 10 nitrogen and oxygen atoms in total. The lowest BCUT2D eigenvalue weighted by Gasteiger charge is -2.29. The van der Waals surface area contributed by atoms with Gasteiger partial charge >= 0.3 is 0 Å². The number of anilines is 3. The van der Waals surface area contributed by atoms with Crippen LogP contribution in [-0.4, -0.2) is 56.1 Å². The Hall–Kier alpha value is -2.89. The minimum atomic E-state index is -3.73. The lowest BCUT2D eigenvalue weighted by atomic mass is 9.89. The molecule has 1 saturated heterocycles. The summed E-state index contributed by atoms with van der Waals surface area (Å²) in [4.78, 5) is 12.7. The first-order valence-corrected chi connectivity index (χ1v) is 13.8. The second-order valence-corrected chi connectivity index (χ2v) is 12.2. The Morgan fingerprint density at radius 2 is 2.06 bits per heavy atom. The van der Waals surface area contributed by atoms with E-state index in [9.17, 15) is 8.42 Å². The van der Waals surface area contributed by atoms with Gasteiger partial charge in [-0.2, -0.15) is 4.98 Å². The molecule has 1 aromatic carbocycles. The summed E-state index contributed by atoms with van der Waals surface area (Å²) < 4.78 is 31.4.